The molecule has 1 aromatic carbocycles. The lowest BCUT2D eigenvalue weighted by molar-refractivity contribution is -0.146. The third kappa shape index (κ3) is 3.57. The highest BCUT2D eigenvalue weighted by atomic mass is 19.1. The largest absolute Gasteiger partial charge is 0.366 e. The van der Waals surface area contributed by atoms with Crippen LogP contribution in [-0.2, 0) is 9.53 Å². The van der Waals surface area contributed by atoms with Gasteiger partial charge in [-0.2, -0.15) is 0 Å². The van der Waals surface area contributed by atoms with Crippen LogP contribution in [0.1, 0.15) is 15.9 Å². The molecule has 3 rings (SSSR count). The zero-order valence-electron chi connectivity index (χ0n) is 13.8. The van der Waals surface area contributed by atoms with Crippen LogP contribution in [0, 0.1) is 12.7 Å². The number of aryl methyl sites for hydroxylation is 1. The van der Waals surface area contributed by atoms with E-state index in [0.29, 0.717) is 50.5 Å². The van der Waals surface area contributed by atoms with E-state index in [1.54, 1.807) is 28.9 Å². The second-order valence-electron chi connectivity index (χ2n) is 6.15. The third-order valence-corrected chi connectivity index (χ3v) is 4.50. The molecular formula is C17H22FN3O3. The first-order chi connectivity index (χ1) is 11.6. The summed E-state index contributed by atoms with van der Waals surface area (Å²) in [7, 11) is 0. The summed E-state index contributed by atoms with van der Waals surface area (Å²) in [6.45, 7) is 5.32. The van der Waals surface area contributed by atoms with Crippen molar-refractivity contribution in [3.8, 4) is 0 Å². The van der Waals surface area contributed by atoms with Gasteiger partial charge in [0.05, 0.1) is 6.61 Å². The number of nitrogens with one attached hydrogen (secondary N) is 1. The van der Waals surface area contributed by atoms with Gasteiger partial charge in [-0.05, 0) is 24.6 Å². The van der Waals surface area contributed by atoms with Crippen molar-refractivity contribution in [1.29, 1.82) is 0 Å². The number of carbonyl (C=O) groups excluding carboxylic acids is 2. The first-order valence-electron chi connectivity index (χ1n) is 8.23. The van der Waals surface area contributed by atoms with Gasteiger partial charge in [0, 0.05) is 44.8 Å². The van der Waals surface area contributed by atoms with Gasteiger partial charge < -0.3 is 19.9 Å². The molecule has 7 heteroatoms. The second-order valence-corrected chi connectivity index (χ2v) is 6.15. The molecule has 2 heterocycles. The van der Waals surface area contributed by atoms with Crippen LogP contribution in [0.5, 0.6) is 0 Å². The molecule has 24 heavy (non-hydrogen) atoms. The van der Waals surface area contributed by atoms with E-state index in [-0.39, 0.29) is 17.6 Å². The molecule has 2 aliphatic rings. The average molecular weight is 335 g/mol. The summed E-state index contributed by atoms with van der Waals surface area (Å²) in [5, 5.41) is 3.14. The van der Waals surface area contributed by atoms with Crippen molar-refractivity contribution < 1.29 is 18.7 Å². The molecule has 1 N–H and O–H groups in total. The molecule has 6 nitrogen and oxygen atoms in total. The molecule has 0 aliphatic carbocycles. The Balaban J connectivity index is 1.57. The number of carbonyl (C=O) groups is 2. The van der Waals surface area contributed by atoms with Crippen LogP contribution in [0.15, 0.2) is 18.2 Å². The Kier molecular flexibility index (Phi) is 5.11. The van der Waals surface area contributed by atoms with Crippen LogP contribution >= 0.6 is 0 Å². The Hall–Kier alpha value is -1.99. The molecule has 1 atom stereocenters. The normalized spacial score (nSPS) is 21.7. The second kappa shape index (κ2) is 7.27. The van der Waals surface area contributed by atoms with Gasteiger partial charge in [0.1, 0.15) is 11.9 Å². The number of amides is 2. The smallest absolute Gasteiger partial charge is 0.254 e. The van der Waals surface area contributed by atoms with Crippen molar-refractivity contribution in [3.63, 3.8) is 0 Å². The predicted octanol–water partition coefficient (Wildman–Crippen LogP) is 0.407. The van der Waals surface area contributed by atoms with Gasteiger partial charge in [0.25, 0.3) is 11.8 Å². The van der Waals surface area contributed by atoms with Crippen LogP contribution in [0.3, 0.4) is 0 Å². The van der Waals surface area contributed by atoms with E-state index >= 15 is 0 Å². The first-order valence-corrected chi connectivity index (χ1v) is 8.23. The molecule has 0 aromatic heterocycles. The number of nitrogens with zero attached hydrogens (tertiary/aromatic N) is 2. The number of rotatable bonds is 2. The molecule has 130 valence electrons. The number of benzene rings is 1. The standard InChI is InChI=1S/C17H22FN3O3/c1-12-2-3-13(10-14(12)18)16(22)20-5-7-21(8-6-20)17(23)15-11-19-4-9-24-15/h2-3,10,15,19H,4-9,11H2,1H3. The number of halogens is 1. The fraction of sp³-hybridized carbons (Fsp3) is 0.529. The van der Waals surface area contributed by atoms with Crippen molar-refractivity contribution in [1.82, 2.24) is 15.1 Å². The Labute approximate surface area is 140 Å². The summed E-state index contributed by atoms with van der Waals surface area (Å²) in [6.07, 6.45) is -0.438. The van der Waals surface area contributed by atoms with E-state index in [4.69, 9.17) is 4.74 Å². The summed E-state index contributed by atoms with van der Waals surface area (Å²) in [6, 6.07) is 4.52. The van der Waals surface area contributed by atoms with Crippen molar-refractivity contribution in [2.75, 3.05) is 45.9 Å². The summed E-state index contributed by atoms with van der Waals surface area (Å²) >= 11 is 0. The van der Waals surface area contributed by atoms with E-state index < -0.39 is 6.10 Å². The van der Waals surface area contributed by atoms with Crippen molar-refractivity contribution >= 4 is 11.8 Å². The minimum absolute atomic E-state index is 0.0318. The average Bonchev–Trinajstić information content (AvgIpc) is 2.63. The zero-order valence-corrected chi connectivity index (χ0v) is 13.8. The molecule has 0 spiro atoms. The number of morpholine rings is 1. The van der Waals surface area contributed by atoms with E-state index in [0.717, 1.165) is 6.54 Å². The number of ether oxygens (including phenoxy) is 1. The van der Waals surface area contributed by atoms with Crippen LogP contribution in [0.4, 0.5) is 4.39 Å². The fourth-order valence-electron chi connectivity index (χ4n) is 2.97. The number of hydrogen-bond acceptors (Lipinski definition) is 4. The minimum Gasteiger partial charge on any atom is -0.366 e. The Morgan fingerprint density at radius 1 is 1.21 bits per heavy atom. The maximum absolute atomic E-state index is 13.6. The van der Waals surface area contributed by atoms with Gasteiger partial charge in [-0.15, -0.1) is 0 Å². The molecule has 2 aliphatic heterocycles. The lowest BCUT2D eigenvalue weighted by atomic mass is 10.1. The molecule has 0 saturated carbocycles. The van der Waals surface area contributed by atoms with Gasteiger partial charge in [-0.3, -0.25) is 9.59 Å². The lowest BCUT2D eigenvalue weighted by Gasteiger charge is -2.37. The van der Waals surface area contributed by atoms with Gasteiger partial charge in [-0.25, -0.2) is 4.39 Å². The van der Waals surface area contributed by atoms with Gasteiger partial charge in [0.15, 0.2) is 0 Å². The first kappa shape index (κ1) is 16.9. The van der Waals surface area contributed by atoms with E-state index in [1.165, 1.54) is 6.07 Å². The molecule has 0 bridgehead atoms. The number of piperazine rings is 1. The van der Waals surface area contributed by atoms with Gasteiger partial charge >= 0.3 is 0 Å². The van der Waals surface area contributed by atoms with Crippen molar-refractivity contribution in [3.05, 3.63) is 35.1 Å². The van der Waals surface area contributed by atoms with Crippen LogP contribution in [-0.4, -0.2) is 73.6 Å². The highest BCUT2D eigenvalue weighted by molar-refractivity contribution is 5.94. The Morgan fingerprint density at radius 2 is 1.92 bits per heavy atom. The lowest BCUT2D eigenvalue weighted by Crippen LogP contribution is -2.56. The van der Waals surface area contributed by atoms with Crippen LogP contribution in [0.2, 0.25) is 0 Å². The summed E-state index contributed by atoms with van der Waals surface area (Å²) in [5.41, 5.74) is 0.862. The van der Waals surface area contributed by atoms with Crippen molar-refractivity contribution in [2.24, 2.45) is 0 Å². The summed E-state index contributed by atoms with van der Waals surface area (Å²) < 4.78 is 19.1. The molecule has 2 saturated heterocycles. The van der Waals surface area contributed by atoms with E-state index in [2.05, 4.69) is 5.32 Å². The maximum Gasteiger partial charge on any atom is 0.254 e. The highest BCUT2D eigenvalue weighted by Crippen LogP contribution is 2.14. The SMILES string of the molecule is Cc1ccc(C(=O)N2CCN(C(=O)C3CNCCO3)CC2)cc1F. The van der Waals surface area contributed by atoms with Gasteiger partial charge in [-0.1, -0.05) is 6.07 Å². The summed E-state index contributed by atoms with van der Waals surface area (Å²) in [4.78, 5) is 28.2. The van der Waals surface area contributed by atoms with E-state index in [9.17, 15) is 14.0 Å². The zero-order chi connectivity index (χ0) is 17.1. The Bertz CT molecular complexity index is 624. The molecular weight excluding hydrogens is 313 g/mol. The minimum atomic E-state index is -0.438. The van der Waals surface area contributed by atoms with Gasteiger partial charge in [0.2, 0.25) is 0 Å². The molecule has 1 aromatic rings. The topological polar surface area (TPSA) is 61.9 Å². The highest BCUT2D eigenvalue weighted by Gasteiger charge is 2.30. The van der Waals surface area contributed by atoms with Crippen LogP contribution in [0.25, 0.3) is 0 Å². The monoisotopic (exact) mass is 335 g/mol. The van der Waals surface area contributed by atoms with Crippen molar-refractivity contribution in [2.45, 2.75) is 13.0 Å². The maximum atomic E-state index is 13.6. The summed E-state index contributed by atoms with van der Waals surface area (Å²) in [5.74, 6) is -0.608. The van der Waals surface area contributed by atoms with Crippen LogP contribution < -0.4 is 5.32 Å². The predicted molar refractivity (Wildman–Crippen MR) is 86.2 cm³/mol. The number of hydrogen-bond donors (Lipinski definition) is 1. The van der Waals surface area contributed by atoms with E-state index in [1.807, 2.05) is 0 Å². The fourth-order valence-corrected chi connectivity index (χ4v) is 2.97. The molecule has 0 radical (unpaired) electrons. The molecule has 1 unspecified atom stereocenters. The molecule has 2 amide bonds. The molecule has 2 fully saturated rings. The quantitative estimate of drug-likeness (QED) is 0.850. The third-order valence-electron chi connectivity index (χ3n) is 4.50. The Morgan fingerprint density at radius 3 is 2.54 bits per heavy atom.